The van der Waals surface area contributed by atoms with E-state index in [0.717, 1.165) is 0 Å². The van der Waals surface area contributed by atoms with E-state index in [9.17, 15) is 4.79 Å². The number of aliphatic hydroxyl groups is 2. The predicted octanol–water partition coefficient (Wildman–Crippen LogP) is -0.383. The van der Waals surface area contributed by atoms with E-state index in [1.165, 1.54) is 0 Å². The molecule has 0 saturated carbocycles. The standard InChI is InChI=1S/C6H12O3S/c1-2-4(7)6(9)5(8)3-10/h4-5,7-8,10H,2-3H2,1H3/t4-,5+/m1/s1. The molecule has 0 amide bonds. The van der Waals surface area contributed by atoms with Crippen molar-refractivity contribution in [3.63, 3.8) is 0 Å². The SMILES string of the molecule is CC[C@@H](O)C(=O)[C@@H](O)CS. The average Bonchev–Trinajstić information content (AvgIpc) is 2.00. The molecule has 0 aliphatic rings. The molecule has 0 aromatic heterocycles. The summed E-state index contributed by atoms with van der Waals surface area (Å²) in [5, 5.41) is 17.7. The molecule has 0 radical (unpaired) electrons. The molecule has 0 unspecified atom stereocenters. The fourth-order valence-corrected chi connectivity index (χ4v) is 0.693. The minimum absolute atomic E-state index is 0.0654. The van der Waals surface area contributed by atoms with Crippen LogP contribution in [0.3, 0.4) is 0 Å². The Morgan fingerprint density at radius 2 is 2.00 bits per heavy atom. The van der Waals surface area contributed by atoms with Crippen molar-refractivity contribution < 1.29 is 15.0 Å². The highest BCUT2D eigenvalue weighted by Gasteiger charge is 2.19. The predicted molar refractivity (Wildman–Crippen MR) is 41.2 cm³/mol. The molecule has 2 atom stereocenters. The van der Waals surface area contributed by atoms with Crippen molar-refractivity contribution in [3.05, 3.63) is 0 Å². The maximum atomic E-state index is 10.8. The van der Waals surface area contributed by atoms with E-state index in [2.05, 4.69) is 12.6 Å². The second kappa shape index (κ2) is 4.71. The quantitative estimate of drug-likeness (QED) is 0.496. The zero-order valence-corrected chi connectivity index (χ0v) is 6.71. The molecule has 0 aromatic rings. The number of ketones is 1. The first-order chi connectivity index (χ1) is 4.63. The highest BCUT2D eigenvalue weighted by Crippen LogP contribution is 1.98. The fraction of sp³-hybridized carbons (Fsp3) is 0.833. The Morgan fingerprint density at radius 3 is 2.30 bits per heavy atom. The van der Waals surface area contributed by atoms with Crippen LogP contribution in [-0.4, -0.2) is 34.0 Å². The molecular weight excluding hydrogens is 152 g/mol. The molecule has 4 heteroatoms. The molecule has 0 bridgehead atoms. The summed E-state index contributed by atoms with van der Waals surface area (Å²) in [6.45, 7) is 1.67. The first-order valence-electron chi connectivity index (χ1n) is 3.14. The van der Waals surface area contributed by atoms with Gasteiger partial charge in [-0.1, -0.05) is 6.92 Å². The largest absolute Gasteiger partial charge is 0.385 e. The van der Waals surface area contributed by atoms with Gasteiger partial charge in [-0.25, -0.2) is 0 Å². The second-order valence-corrected chi connectivity index (χ2v) is 2.39. The summed E-state index contributed by atoms with van der Waals surface area (Å²) in [4.78, 5) is 10.8. The molecule has 0 aliphatic carbocycles. The number of thiol groups is 1. The molecule has 0 rings (SSSR count). The Bertz CT molecular complexity index is 104. The molecule has 0 aromatic carbocycles. The Kier molecular flexibility index (Phi) is 4.68. The van der Waals surface area contributed by atoms with E-state index >= 15 is 0 Å². The number of rotatable bonds is 4. The smallest absolute Gasteiger partial charge is 0.190 e. The molecule has 0 heterocycles. The molecule has 0 spiro atoms. The minimum atomic E-state index is -1.13. The fourth-order valence-electron chi connectivity index (χ4n) is 0.513. The van der Waals surface area contributed by atoms with Crippen LogP contribution >= 0.6 is 12.6 Å². The van der Waals surface area contributed by atoms with Crippen LogP contribution in [0.15, 0.2) is 0 Å². The first-order valence-corrected chi connectivity index (χ1v) is 3.77. The third-order valence-electron chi connectivity index (χ3n) is 1.22. The van der Waals surface area contributed by atoms with Gasteiger partial charge in [0.05, 0.1) is 0 Å². The number of hydrogen-bond acceptors (Lipinski definition) is 4. The van der Waals surface area contributed by atoms with Gasteiger partial charge in [0.25, 0.3) is 0 Å². The van der Waals surface area contributed by atoms with Gasteiger partial charge in [-0.3, -0.25) is 4.79 Å². The summed E-state index contributed by atoms with van der Waals surface area (Å²) in [5.41, 5.74) is 0. The molecule has 0 aliphatic heterocycles. The molecule has 10 heavy (non-hydrogen) atoms. The van der Waals surface area contributed by atoms with Gasteiger partial charge in [-0.05, 0) is 6.42 Å². The number of carbonyl (C=O) groups excluding carboxylic acids is 1. The molecule has 0 saturated heterocycles. The Hall–Kier alpha value is -0.0600. The highest BCUT2D eigenvalue weighted by atomic mass is 32.1. The summed E-state index contributed by atoms with van der Waals surface area (Å²) >= 11 is 3.71. The maximum Gasteiger partial charge on any atom is 0.190 e. The van der Waals surface area contributed by atoms with Crippen molar-refractivity contribution in [2.24, 2.45) is 0 Å². The van der Waals surface area contributed by atoms with Crippen molar-refractivity contribution in [1.82, 2.24) is 0 Å². The van der Waals surface area contributed by atoms with Crippen LogP contribution in [0.2, 0.25) is 0 Å². The lowest BCUT2D eigenvalue weighted by Crippen LogP contribution is -2.32. The lowest BCUT2D eigenvalue weighted by atomic mass is 10.1. The molecule has 2 N–H and O–H groups in total. The topological polar surface area (TPSA) is 57.5 Å². The Morgan fingerprint density at radius 1 is 1.50 bits per heavy atom. The Balaban J connectivity index is 3.82. The van der Waals surface area contributed by atoms with Crippen LogP contribution in [0.4, 0.5) is 0 Å². The second-order valence-electron chi connectivity index (χ2n) is 2.02. The number of aliphatic hydroxyl groups excluding tert-OH is 2. The van der Waals surface area contributed by atoms with E-state index in [1.807, 2.05) is 0 Å². The van der Waals surface area contributed by atoms with Gasteiger partial charge in [0.1, 0.15) is 12.2 Å². The summed E-state index contributed by atoms with van der Waals surface area (Å²) in [5.74, 6) is -0.479. The van der Waals surface area contributed by atoms with Crippen molar-refractivity contribution in [3.8, 4) is 0 Å². The van der Waals surface area contributed by atoms with Gasteiger partial charge >= 0.3 is 0 Å². The minimum Gasteiger partial charge on any atom is -0.385 e. The van der Waals surface area contributed by atoms with Crippen molar-refractivity contribution in [1.29, 1.82) is 0 Å². The van der Waals surface area contributed by atoms with E-state index < -0.39 is 18.0 Å². The first kappa shape index (κ1) is 9.94. The van der Waals surface area contributed by atoms with Crippen LogP contribution in [0.25, 0.3) is 0 Å². The highest BCUT2D eigenvalue weighted by molar-refractivity contribution is 7.80. The monoisotopic (exact) mass is 164 g/mol. The van der Waals surface area contributed by atoms with Crippen LogP contribution in [0.5, 0.6) is 0 Å². The third-order valence-corrected chi connectivity index (χ3v) is 1.56. The Labute approximate surface area is 65.5 Å². The summed E-state index contributed by atoms with van der Waals surface area (Å²) in [7, 11) is 0. The lowest BCUT2D eigenvalue weighted by molar-refractivity contribution is -0.134. The van der Waals surface area contributed by atoms with E-state index in [4.69, 9.17) is 10.2 Å². The number of hydrogen-bond donors (Lipinski definition) is 3. The lowest BCUT2D eigenvalue weighted by Gasteiger charge is -2.09. The van der Waals surface area contributed by atoms with Gasteiger partial charge < -0.3 is 10.2 Å². The third kappa shape index (κ3) is 2.68. The van der Waals surface area contributed by atoms with Crippen LogP contribution in [-0.2, 0) is 4.79 Å². The van der Waals surface area contributed by atoms with Crippen LogP contribution in [0.1, 0.15) is 13.3 Å². The average molecular weight is 164 g/mol. The van der Waals surface area contributed by atoms with Crippen molar-refractivity contribution in [2.75, 3.05) is 5.75 Å². The molecule has 3 nitrogen and oxygen atoms in total. The van der Waals surface area contributed by atoms with Gasteiger partial charge in [0.15, 0.2) is 5.78 Å². The maximum absolute atomic E-state index is 10.8. The van der Waals surface area contributed by atoms with Gasteiger partial charge in [-0.2, -0.15) is 12.6 Å². The molecule has 60 valence electrons. The van der Waals surface area contributed by atoms with Gasteiger partial charge in [0, 0.05) is 5.75 Å². The van der Waals surface area contributed by atoms with Gasteiger partial charge in [-0.15, -0.1) is 0 Å². The molecular formula is C6H12O3S. The summed E-state index contributed by atoms with van der Waals surface area (Å²) in [6, 6.07) is 0. The van der Waals surface area contributed by atoms with Crippen molar-refractivity contribution in [2.45, 2.75) is 25.6 Å². The zero-order valence-electron chi connectivity index (χ0n) is 5.82. The zero-order chi connectivity index (χ0) is 8.15. The van der Waals surface area contributed by atoms with Crippen LogP contribution in [0, 0.1) is 0 Å². The van der Waals surface area contributed by atoms with Crippen molar-refractivity contribution >= 4 is 18.4 Å². The summed E-state index contributed by atoms with van der Waals surface area (Å²) in [6.07, 6.45) is -1.83. The van der Waals surface area contributed by atoms with Gasteiger partial charge in [0.2, 0.25) is 0 Å². The van der Waals surface area contributed by atoms with E-state index in [1.54, 1.807) is 6.92 Å². The summed E-state index contributed by atoms with van der Waals surface area (Å²) < 4.78 is 0. The number of Topliss-reactive ketones (excluding diaryl/α,β-unsaturated/α-hetero) is 1. The number of carbonyl (C=O) groups is 1. The normalized spacial score (nSPS) is 16.4. The van der Waals surface area contributed by atoms with E-state index in [-0.39, 0.29) is 5.75 Å². The molecule has 0 fully saturated rings. The van der Waals surface area contributed by atoms with E-state index in [0.29, 0.717) is 6.42 Å². The van der Waals surface area contributed by atoms with Crippen LogP contribution < -0.4 is 0 Å².